The topological polar surface area (TPSA) is 96.9 Å². The van der Waals surface area contributed by atoms with Gasteiger partial charge in [0.25, 0.3) is 11.8 Å². The summed E-state index contributed by atoms with van der Waals surface area (Å²) in [4.78, 5) is 38.6. The summed E-state index contributed by atoms with van der Waals surface area (Å²) in [5.41, 5.74) is 3.02. The first kappa shape index (κ1) is 26.5. The number of anilines is 2. The van der Waals surface area contributed by atoms with Crippen molar-refractivity contribution in [2.45, 2.75) is 25.8 Å². The van der Waals surface area contributed by atoms with Gasteiger partial charge < -0.3 is 24.6 Å². The van der Waals surface area contributed by atoms with Crippen molar-refractivity contribution in [2.75, 3.05) is 49.8 Å². The minimum atomic E-state index is -0.985. The highest BCUT2D eigenvalue weighted by atomic mass is 35.5. The SMILES string of the molecule is Cc1ccc(F)c(-c2nc(C(=O)NC3COc4ccc(N5CC6(CCOCC6)C5)cc4N(C)C3=O)ncc2Cl)c1. The molecule has 0 radical (unpaired) electrons. The highest BCUT2D eigenvalue weighted by Gasteiger charge is 2.44. The first-order valence-corrected chi connectivity index (χ1v) is 13.6. The van der Waals surface area contributed by atoms with Gasteiger partial charge in [-0.15, -0.1) is 0 Å². The number of benzene rings is 2. The van der Waals surface area contributed by atoms with Crippen LogP contribution in [0, 0.1) is 18.2 Å². The predicted molar refractivity (Wildman–Crippen MR) is 148 cm³/mol. The van der Waals surface area contributed by atoms with E-state index in [1.807, 2.05) is 25.1 Å². The Balaban J connectivity index is 1.18. The Morgan fingerprint density at radius 2 is 1.95 bits per heavy atom. The molecule has 1 aromatic heterocycles. The highest BCUT2D eigenvalue weighted by Crippen LogP contribution is 2.44. The number of rotatable bonds is 4. The van der Waals surface area contributed by atoms with E-state index >= 15 is 0 Å². The zero-order chi connectivity index (χ0) is 28.0. The summed E-state index contributed by atoms with van der Waals surface area (Å²) < 4.78 is 26.0. The first-order valence-electron chi connectivity index (χ1n) is 13.2. The van der Waals surface area contributed by atoms with E-state index in [1.54, 1.807) is 19.2 Å². The molecule has 2 aromatic carbocycles. The Morgan fingerprint density at radius 3 is 2.73 bits per heavy atom. The number of aryl methyl sites for hydroxylation is 1. The molecule has 3 aliphatic heterocycles. The lowest BCUT2D eigenvalue weighted by Gasteiger charge is -2.53. The van der Waals surface area contributed by atoms with Crippen LogP contribution in [0.25, 0.3) is 11.3 Å². The van der Waals surface area contributed by atoms with Gasteiger partial charge in [-0.2, -0.15) is 0 Å². The van der Waals surface area contributed by atoms with E-state index in [4.69, 9.17) is 21.1 Å². The molecule has 2 saturated heterocycles. The molecule has 1 atom stereocenters. The van der Waals surface area contributed by atoms with Gasteiger partial charge in [0.05, 0.1) is 22.6 Å². The van der Waals surface area contributed by atoms with Gasteiger partial charge in [0.2, 0.25) is 5.82 Å². The lowest BCUT2D eigenvalue weighted by Crippen LogP contribution is -2.58. The van der Waals surface area contributed by atoms with Crippen LogP contribution in [0.5, 0.6) is 5.75 Å². The molecule has 6 rings (SSSR count). The average Bonchev–Trinajstić information content (AvgIpc) is 3.05. The summed E-state index contributed by atoms with van der Waals surface area (Å²) in [6, 6.07) is 9.36. The summed E-state index contributed by atoms with van der Waals surface area (Å²) >= 11 is 6.25. The molecule has 0 bridgehead atoms. The van der Waals surface area contributed by atoms with E-state index < -0.39 is 17.8 Å². The lowest BCUT2D eigenvalue weighted by atomic mass is 9.73. The summed E-state index contributed by atoms with van der Waals surface area (Å²) in [7, 11) is 1.66. The van der Waals surface area contributed by atoms with Crippen molar-refractivity contribution in [3.8, 4) is 17.0 Å². The van der Waals surface area contributed by atoms with Crippen LogP contribution in [0.15, 0.2) is 42.6 Å². The van der Waals surface area contributed by atoms with Gasteiger partial charge in [0.1, 0.15) is 24.2 Å². The van der Waals surface area contributed by atoms with Crippen LogP contribution in [0.4, 0.5) is 15.8 Å². The number of aromatic nitrogens is 2. The Kier molecular flexibility index (Phi) is 6.83. The van der Waals surface area contributed by atoms with Crippen molar-refractivity contribution in [3.63, 3.8) is 0 Å². The third-order valence-corrected chi connectivity index (χ3v) is 8.22. The van der Waals surface area contributed by atoms with Crippen LogP contribution in [0.2, 0.25) is 5.02 Å². The van der Waals surface area contributed by atoms with Gasteiger partial charge >= 0.3 is 0 Å². The van der Waals surface area contributed by atoms with Crippen molar-refractivity contribution in [1.82, 2.24) is 15.3 Å². The highest BCUT2D eigenvalue weighted by molar-refractivity contribution is 6.33. The predicted octanol–water partition coefficient (Wildman–Crippen LogP) is 4.02. The van der Waals surface area contributed by atoms with Crippen LogP contribution in [0.3, 0.4) is 0 Å². The second-order valence-corrected chi connectivity index (χ2v) is 11.1. The average molecular weight is 566 g/mol. The summed E-state index contributed by atoms with van der Waals surface area (Å²) in [6.45, 7) is 5.28. The third kappa shape index (κ3) is 4.86. The Bertz CT molecular complexity index is 1490. The van der Waals surface area contributed by atoms with Gasteiger partial charge in [0, 0.05) is 50.0 Å². The molecule has 4 heterocycles. The molecular weight excluding hydrogens is 537 g/mol. The van der Waals surface area contributed by atoms with Crippen molar-refractivity contribution in [1.29, 1.82) is 0 Å². The molecule has 1 spiro atoms. The normalized spacial score (nSPS) is 19.9. The molecule has 9 nitrogen and oxygen atoms in total. The number of carbonyl (C=O) groups excluding carboxylic acids is 2. The molecule has 1 N–H and O–H groups in total. The number of nitrogens with zero attached hydrogens (tertiary/aromatic N) is 4. The fourth-order valence-corrected chi connectivity index (χ4v) is 5.76. The van der Waals surface area contributed by atoms with E-state index in [0.29, 0.717) is 16.9 Å². The zero-order valence-electron chi connectivity index (χ0n) is 22.2. The van der Waals surface area contributed by atoms with Crippen molar-refractivity contribution in [2.24, 2.45) is 5.41 Å². The monoisotopic (exact) mass is 565 g/mol. The Labute approximate surface area is 236 Å². The number of carbonyl (C=O) groups is 2. The van der Waals surface area contributed by atoms with E-state index in [-0.39, 0.29) is 34.6 Å². The van der Waals surface area contributed by atoms with Crippen LogP contribution in [-0.4, -0.2) is 67.8 Å². The smallest absolute Gasteiger partial charge is 0.289 e. The van der Waals surface area contributed by atoms with Gasteiger partial charge in [-0.05, 0) is 50.1 Å². The van der Waals surface area contributed by atoms with Gasteiger partial charge in [-0.1, -0.05) is 23.2 Å². The molecule has 2 amide bonds. The van der Waals surface area contributed by atoms with Crippen LogP contribution in [-0.2, 0) is 9.53 Å². The van der Waals surface area contributed by atoms with Crippen molar-refractivity contribution in [3.05, 3.63) is 64.8 Å². The molecule has 0 aliphatic carbocycles. The van der Waals surface area contributed by atoms with Crippen molar-refractivity contribution < 1.29 is 23.5 Å². The first-order chi connectivity index (χ1) is 19.2. The minimum absolute atomic E-state index is 0.0684. The fraction of sp³-hybridized carbons (Fsp3) is 0.379. The summed E-state index contributed by atoms with van der Waals surface area (Å²) in [5, 5.41) is 2.78. The van der Waals surface area contributed by atoms with Gasteiger partial charge in [-0.3, -0.25) is 9.59 Å². The maximum absolute atomic E-state index is 14.5. The number of halogens is 2. The molecule has 2 fully saturated rings. The number of hydrogen-bond acceptors (Lipinski definition) is 7. The molecule has 208 valence electrons. The van der Waals surface area contributed by atoms with Crippen LogP contribution in [0.1, 0.15) is 29.0 Å². The lowest BCUT2D eigenvalue weighted by molar-refractivity contribution is -0.120. The van der Waals surface area contributed by atoms with E-state index in [0.717, 1.165) is 50.4 Å². The van der Waals surface area contributed by atoms with Crippen molar-refractivity contribution >= 4 is 34.8 Å². The van der Waals surface area contributed by atoms with E-state index in [1.165, 1.54) is 17.2 Å². The number of nitrogens with one attached hydrogen (secondary N) is 1. The quantitative estimate of drug-likeness (QED) is 0.510. The summed E-state index contributed by atoms with van der Waals surface area (Å²) in [6.07, 6.45) is 3.38. The van der Waals surface area contributed by atoms with E-state index in [9.17, 15) is 14.0 Å². The van der Waals surface area contributed by atoms with E-state index in [2.05, 4.69) is 20.2 Å². The van der Waals surface area contributed by atoms with Gasteiger partial charge in [0.15, 0.2) is 0 Å². The number of hydrogen-bond donors (Lipinski definition) is 1. The van der Waals surface area contributed by atoms with Crippen LogP contribution >= 0.6 is 11.6 Å². The van der Waals surface area contributed by atoms with Gasteiger partial charge in [-0.25, -0.2) is 14.4 Å². The largest absolute Gasteiger partial charge is 0.489 e. The number of ether oxygens (including phenoxy) is 2. The Hall–Kier alpha value is -3.76. The zero-order valence-corrected chi connectivity index (χ0v) is 23.0. The summed E-state index contributed by atoms with van der Waals surface area (Å²) in [5.74, 6) is -1.25. The molecule has 3 aliphatic rings. The second-order valence-electron chi connectivity index (χ2n) is 10.7. The van der Waals surface area contributed by atoms with Crippen LogP contribution < -0.4 is 19.9 Å². The molecule has 3 aromatic rings. The Morgan fingerprint density at radius 1 is 1.18 bits per heavy atom. The number of likely N-dealkylation sites (N-methyl/N-ethyl adjacent to an activating group) is 1. The standard InChI is InChI=1S/C29H29ClFN5O4/c1-17-3-5-21(31)19(11-17)25-20(30)13-32-26(34-25)27(37)33-22-14-40-24-6-4-18(12-23(24)35(2)28(22)38)36-15-29(16-36)7-9-39-10-8-29/h3-6,11-13,22H,7-10,14-16H2,1-2H3,(H,33,37). The fourth-order valence-electron chi connectivity index (χ4n) is 5.56. The maximum atomic E-state index is 14.5. The minimum Gasteiger partial charge on any atom is -0.489 e. The third-order valence-electron chi connectivity index (χ3n) is 7.94. The maximum Gasteiger partial charge on any atom is 0.289 e. The number of amides is 2. The molecule has 1 unspecified atom stereocenters. The molecular formula is C29H29ClFN5O4. The molecule has 11 heteroatoms. The molecule has 0 saturated carbocycles. The second kappa shape index (κ2) is 10.3. The molecule has 40 heavy (non-hydrogen) atoms. The number of fused-ring (bicyclic) bond motifs is 1.